The first kappa shape index (κ1) is 10.8. The number of hydrogen-bond acceptors (Lipinski definition) is 4. The summed E-state index contributed by atoms with van der Waals surface area (Å²) in [6.45, 7) is 0. The molecule has 0 aliphatic heterocycles. The highest BCUT2D eigenvalue weighted by Gasteiger charge is 2.27. The van der Waals surface area contributed by atoms with E-state index in [4.69, 9.17) is 0 Å². The standard InChI is InChI=1S/C13H20N4/c1-14-11-8-12(15-10-4-2-3-5-10)17-13(16-11)9-6-7-9/h8-10H,2-7H2,1H3,(H2,14,15,16,17). The third kappa shape index (κ3) is 2.51. The van der Waals surface area contributed by atoms with Crippen molar-refractivity contribution in [2.75, 3.05) is 17.7 Å². The van der Waals surface area contributed by atoms with Crippen molar-refractivity contribution in [1.29, 1.82) is 0 Å². The largest absolute Gasteiger partial charge is 0.373 e. The molecule has 3 rings (SSSR count). The smallest absolute Gasteiger partial charge is 0.136 e. The van der Waals surface area contributed by atoms with Crippen molar-refractivity contribution >= 4 is 11.6 Å². The summed E-state index contributed by atoms with van der Waals surface area (Å²) in [7, 11) is 1.92. The zero-order valence-electron chi connectivity index (χ0n) is 10.4. The van der Waals surface area contributed by atoms with E-state index >= 15 is 0 Å². The molecule has 1 heterocycles. The van der Waals surface area contributed by atoms with Gasteiger partial charge < -0.3 is 10.6 Å². The van der Waals surface area contributed by atoms with Gasteiger partial charge in [0.15, 0.2) is 0 Å². The van der Waals surface area contributed by atoms with E-state index in [2.05, 4.69) is 20.6 Å². The van der Waals surface area contributed by atoms with Crippen LogP contribution in [-0.2, 0) is 0 Å². The van der Waals surface area contributed by atoms with E-state index in [9.17, 15) is 0 Å². The van der Waals surface area contributed by atoms with E-state index < -0.39 is 0 Å². The van der Waals surface area contributed by atoms with Crippen LogP contribution in [0.15, 0.2) is 6.07 Å². The second-order valence-corrected chi connectivity index (χ2v) is 5.15. The van der Waals surface area contributed by atoms with E-state index in [1.54, 1.807) is 0 Å². The van der Waals surface area contributed by atoms with E-state index in [-0.39, 0.29) is 0 Å². The molecule has 2 aliphatic rings. The lowest BCUT2D eigenvalue weighted by Gasteiger charge is -2.14. The van der Waals surface area contributed by atoms with Gasteiger partial charge in [0.2, 0.25) is 0 Å². The van der Waals surface area contributed by atoms with Gasteiger partial charge in [-0.1, -0.05) is 12.8 Å². The van der Waals surface area contributed by atoms with Crippen molar-refractivity contribution in [3.8, 4) is 0 Å². The lowest BCUT2D eigenvalue weighted by atomic mass is 10.2. The Morgan fingerprint density at radius 2 is 1.76 bits per heavy atom. The molecule has 2 fully saturated rings. The summed E-state index contributed by atoms with van der Waals surface area (Å²) in [6, 6.07) is 2.63. The maximum absolute atomic E-state index is 4.64. The Balaban J connectivity index is 1.78. The molecule has 2 saturated carbocycles. The maximum Gasteiger partial charge on any atom is 0.136 e. The third-order valence-electron chi connectivity index (χ3n) is 3.65. The fourth-order valence-corrected chi connectivity index (χ4v) is 2.47. The van der Waals surface area contributed by atoms with Crippen LogP contribution in [0.4, 0.5) is 11.6 Å². The molecule has 0 spiro atoms. The van der Waals surface area contributed by atoms with Gasteiger partial charge in [-0.2, -0.15) is 0 Å². The van der Waals surface area contributed by atoms with Crippen LogP contribution < -0.4 is 10.6 Å². The minimum atomic E-state index is 0.604. The van der Waals surface area contributed by atoms with Gasteiger partial charge in [0.05, 0.1) is 0 Å². The summed E-state index contributed by atoms with van der Waals surface area (Å²) >= 11 is 0. The number of rotatable bonds is 4. The Hall–Kier alpha value is -1.32. The van der Waals surface area contributed by atoms with Crippen molar-refractivity contribution in [2.45, 2.75) is 50.5 Å². The highest BCUT2D eigenvalue weighted by Crippen LogP contribution is 2.39. The number of nitrogens with one attached hydrogen (secondary N) is 2. The Bertz CT molecular complexity index is 394. The first-order chi connectivity index (χ1) is 8.35. The van der Waals surface area contributed by atoms with Crippen LogP contribution in [-0.4, -0.2) is 23.1 Å². The lowest BCUT2D eigenvalue weighted by Crippen LogP contribution is -2.16. The Labute approximate surface area is 102 Å². The number of nitrogens with zero attached hydrogens (tertiary/aromatic N) is 2. The molecule has 4 heteroatoms. The van der Waals surface area contributed by atoms with Crippen LogP contribution in [0.2, 0.25) is 0 Å². The fraction of sp³-hybridized carbons (Fsp3) is 0.692. The first-order valence-electron chi connectivity index (χ1n) is 6.68. The molecule has 17 heavy (non-hydrogen) atoms. The average molecular weight is 232 g/mol. The SMILES string of the molecule is CNc1cc(NC2CCCC2)nc(C2CC2)n1. The Kier molecular flexibility index (Phi) is 2.87. The normalized spacial score (nSPS) is 20.5. The van der Waals surface area contributed by atoms with E-state index in [1.165, 1.54) is 38.5 Å². The topological polar surface area (TPSA) is 49.8 Å². The van der Waals surface area contributed by atoms with Crippen LogP contribution in [0.5, 0.6) is 0 Å². The fourth-order valence-electron chi connectivity index (χ4n) is 2.47. The molecular weight excluding hydrogens is 212 g/mol. The van der Waals surface area contributed by atoms with E-state index in [1.807, 2.05) is 13.1 Å². The first-order valence-corrected chi connectivity index (χ1v) is 6.68. The molecule has 4 nitrogen and oxygen atoms in total. The minimum absolute atomic E-state index is 0.604. The highest BCUT2D eigenvalue weighted by atomic mass is 15.1. The van der Waals surface area contributed by atoms with Gasteiger partial charge in [0.25, 0.3) is 0 Å². The van der Waals surface area contributed by atoms with Gasteiger partial charge in [0, 0.05) is 25.1 Å². The Morgan fingerprint density at radius 1 is 1.06 bits per heavy atom. The van der Waals surface area contributed by atoms with Gasteiger partial charge >= 0.3 is 0 Å². The average Bonchev–Trinajstić information content (AvgIpc) is 3.09. The van der Waals surface area contributed by atoms with Crippen molar-refractivity contribution in [3.05, 3.63) is 11.9 Å². The van der Waals surface area contributed by atoms with Gasteiger partial charge in [0.1, 0.15) is 17.5 Å². The van der Waals surface area contributed by atoms with Crippen molar-refractivity contribution in [3.63, 3.8) is 0 Å². The molecule has 2 aliphatic carbocycles. The lowest BCUT2D eigenvalue weighted by molar-refractivity contribution is 0.747. The molecule has 92 valence electrons. The predicted molar refractivity (Wildman–Crippen MR) is 69.4 cm³/mol. The highest BCUT2D eigenvalue weighted by molar-refractivity contribution is 5.48. The molecule has 0 atom stereocenters. The third-order valence-corrected chi connectivity index (χ3v) is 3.65. The summed E-state index contributed by atoms with van der Waals surface area (Å²) in [5, 5.41) is 6.67. The molecule has 0 amide bonds. The van der Waals surface area contributed by atoms with Crippen LogP contribution in [0.3, 0.4) is 0 Å². The zero-order chi connectivity index (χ0) is 11.7. The van der Waals surface area contributed by atoms with Gasteiger partial charge in [-0.15, -0.1) is 0 Å². The van der Waals surface area contributed by atoms with Gasteiger partial charge in [-0.05, 0) is 25.7 Å². The van der Waals surface area contributed by atoms with Crippen molar-refractivity contribution < 1.29 is 0 Å². The molecule has 0 saturated heterocycles. The van der Waals surface area contributed by atoms with E-state index in [0.29, 0.717) is 12.0 Å². The van der Waals surface area contributed by atoms with Gasteiger partial charge in [-0.3, -0.25) is 0 Å². The Morgan fingerprint density at radius 3 is 2.41 bits per heavy atom. The van der Waals surface area contributed by atoms with Crippen molar-refractivity contribution in [2.24, 2.45) is 0 Å². The number of aromatic nitrogens is 2. The second kappa shape index (κ2) is 4.51. The van der Waals surface area contributed by atoms with Crippen LogP contribution >= 0.6 is 0 Å². The monoisotopic (exact) mass is 232 g/mol. The second-order valence-electron chi connectivity index (χ2n) is 5.15. The number of anilines is 2. The molecule has 0 unspecified atom stereocenters. The van der Waals surface area contributed by atoms with E-state index in [0.717, 1.165) is 17.5 Å². The molecule has 0 radical (unpaired) electrons. The molecule has 0 bridgehead atoms. The molecule has 1 aromatic heterocycles. The van der Waals surface area contributed by atoms with Crippen molar-refractivity contribution in [1.82, 2.24) is 9.97 Å². The quantitative estimate of drug-likeness (QED) is 0.838. The summed E-state index contributed by atoms with van der Waals surface area (Å²) in [5.74, 6) is 3.55. The maximum atomic E-state index is 4.64. The molecular formula is C13H20N4. The molecule has 1 aromatic rings. The number of hydrogen-bond donors (Lipinski definition) is 2. The molecule has 2 N–H and O–H groups in total. The zero-order valence-corrected chi connectivity index (χ0v) is 10.4. The minimum Gasteiger partial charge on any atom is -0.373 e. The van der Waals surface area contributed by atoms with Crippen LogP contribution in [0.1, 0.15) is 50.3 Å². The summed E-state index contributed by atoms with van der Waals surface area (Å²) < 4.78 is 0. The van der Waals surface area contributed by atoms with Crippen LogP contribution in [0.25, 0.3) is 0 Å². The van der Waals surface area contributed by atoms with Crippen LogP contribution in [0, 0.1) is 0 Å². The summed E-state index contributed by atoms with van der Waals surface area (Å²) in [5.41, 5.74) is 0. The molecule has 0 aromatic carbocycles. The summed E-state index contributed by atoms with van der Waals surface area (Å²) in [4.78, 5) is 9.17. The predicted octanol–water partition coefficient (Wildman–Crippen LogP) is 2.75. The van der Waals surface area contributed by atoms with Gasteiger partial charge in [-0.25, -0.2) is 9.97 Å². The summed E-state index contributed by atoms with van der Waals surface area (Å²) in [6.07, 6.45) is 7.73.